The van der Waals surface area contributed by atoms with E-state index in [1.165, 1.54) is 0 Å². The number of amides is 1. The van der Waals surface area contributed by atoms with E-state index in [1.807, 2.05) is 18.2 Å². The van der Waals surface area contributed by atoms with E-state index in [9.17, 15) is 4.79 Å². The zero-order valence-corrected chi connectivity index (χ0v) is 10.4. The molecule has 1 amide bonds. The van der Waals surface area contributed by atoms with Crippen LogP contribution in [0.25, 0.3) is 0 Å². The molecular weight excluding hydrogens is 242 g/mol. The number of halogens is 1. The van der Waals surface area contributed by atoms with E-state index in [0.29, 0.717) is 10.9 Å². The van der Waals surface area contributed by atoms with Crippen LogP contribution in [0, 0.1) is 12.0 Å². The highest BCUT2D eigenvalue weighted by Crippen LogP contribution is 2.28. The zero-order chi connectivity index (χ0) is 11.4. The Hall–Kier alpha value is -0.670. The van der Waals surface area contributed by atoms with Gasteiger partial charge >= 0.3 is 0 Å². The fourth-order valence-corrected chi connectivity index (χ4v) is 2.39. The van der Waals surface area contributed by atoms with Gasteiger partial charge in [-0.15, -0.1) is 11.8 Å². The van der Waals surface area contributed by atoms with Crippen LogP contribution in [0.15, 0.2) is 23.1 Å². The van der Waals surface area contributed by atoms with Crippen LogP contribution in [0.2, 0.25) is 5.02 Å². The maximum atomic E-state index is 11.3. The van der Waals surface area contributed by atoms with Gasteiger partial charge in [-0.05, 0) is 25.0 Å². The van der Waals surface area contributed by atoms with Crippen molar-refractivity contribution in [1.82, 2.24) is 5.32 Å². The summed E-state index contributed by atoms with van der Waals surface area (Å²) in [5.41, 5.74) is 0. The highest BCUT2D eigenvalue weighted by atomic mass is 35.5. The van der Waals surface area contributed by atoms with Crippen LogP contribution in [-0.4, -0.2) is 18.2 Å². The lowest BCUT2D eigenvalue weighted by Crippen LogP contribution is -2.26. The molecule has 2 nitrogen and oxygen atoms in total. The average Bonchev–Trinajstić information content (AvgIpc) is 3.08. The Morgan fingerprint density at radius 2 is 2.44 bits per heavy atom. The lowest BCUT2D eigenvalue weighted by atomic mass is 10.4. The molecule has 0 heterocycles. The second kappa shape index (κ2) is 5.60. The third-order valence-corrected chi connectivity index (χ3v) is 3.57. The third-order valence-electron chi connectivity index (χ3n) is 2.36. The maximum Gasteiger partial charge on any atom is 0.223 e. The van der Waals surface area contributed by atoms with Gasteiger partial charge in [0.1, 0.15) is 0 Å². The Bertz CT molecular complexity index is 379. The second-order valence-electron chi connectivity index (χ2n) is 3.79. The number of thioether (sulfide) groups is 1. The molecule has 0 saturated heterocycles. The van der Waals surface area contributed by atoms with Crippen molar-refractivity contribution in [2.45, 2.75) is 17.7 Å². The van der Waals surface area contributed by atoms with Crippen molar-refractivity contribution in [1.29, 1.82) is 0 Å². The van der Waals surface area contributed by atoms with Crippen molar-refractivity contribution < 1.29 is 4.79 Å². The van der Waals surface area contributed by atoms with Crippen molar-refractivity contribution in [2.75, 3.05) is 12.3 Å². The molecule has 1 saturated carbocycles. The Morgan fingerprint density at radius 3 is 3.12 bits per heavy atom. The molecule has 1 radical (unpaired) electrons. The number of carbonyl (C=O) groups excluding carboxylic acids is 1. The van der Waals surface area contributed by atoms with Crippen LogP contribution in [-0.2, 0) is 4.79 Å². The minimum atomic E-state index is 0.208. The fraction of sp³-hybridized carbons (Fsp3) is 0.417. The number of carbonyl (C=O) groups is 1. The first-order valence-electron chi connectivity index (χ1n) is 5.33. The highest BCUT2D eigenvalue weighted by Gasteiger charge is 2.28. The van der Waals surface area contributed by atoms with E-state index in [1.54, 1.807) is 11.8 Å². The van der Waals surface area contributed by atoms with Gasteiger partial charge in [-0.2, -0.15) is 0 Å². The number of hydrogen-bond acceptors (Lipinski definition) is 2. The number of rotatable bonds is 5. The fourth-order valence-electron chi connectivity index (χ4n) is 1.34. The summed E-state index contributed by atoms with van der Waals surface area (Å²) in [6.07, 6.45) is 2.12. The van der Waals surface area contributed by atoms with Crippen molar-refractivity contribution >= 4 is 29.3 Å². The summed E-state index contributed by atoms with van der Waals surface area (Å²) >= 11 is 7.51. The van der Waals surface area contributed by atoms with Crippen LogP contribution in [0.5, 0.6) is 0 Å². The van der Waals surface area contributed by atoms with Gasteiger partial charge < -0.3 is 5.32 Å². The predicted octanol–water partition coefficient (Wildman–Crippen LogP) is 2.76. The first kappa shape index (κ1) is 11.8. The molecule has 1 fully saturated rings. The normalized spacial score (nSPS) is 14.8. The monoisotopic (exact) mass is 254 g/mol. The maximum absolute atomic E-state index is 11.3. The molecule has 1 aliphatic rings. The Labute approximate surface area is 105 Å². The molecule has 4 heteroatoms. The quantitative estimate of drug-likeness (QED) is 0.647. The van der Waals surface area contributed by atoms with E-state index in [4.69, 9.17) is 11.6 Å². The van der Waals surface area contributed by atoms with Crippen LogP contribution in [0.1, 0.15) is 12.8 Å². The van der Waals surface area contributed by atoms with Gasteiger partial charge in [0.25, 0.3) is 0 Å². The van der Waals surface area contributed by atoms with Crippen molar-refractivity contribution in [3.8, 4) is 0 Å². The first-order chi connectivity index (χ1) is 7.75. The van der Waals surface area contributed by atoms with Crippen molar-refractivity contribution in [3.63, 3.8) is 0 Å². The topological polar surface area (TPSA) is 29.1 Å². The molecule has 1 N–H and O–H groups in total. The van der Waals surface area contributed by atoms with Crippen molar-refractivity contribution in [2.24, 2.45) is 5.92 Å². The van der Waals surface area contributed by atoms with E-state index in [2.05, 4.69) is 11.4 Å². The summed E-state index contributed by atoms with van der Waals surface area (Å²) < 4.78 is 0. The third kappa shape index (κ3) is 3.72. The molecule has 0 aromatic heterocycles. The van der Waals surface area contributed by atoms with Crippen LogP contribution in [0.4, 0.5) is 0 Å². The lowest BCUT2D eigenvalue weighted by Gasteiger charge is -2.04. The van der Waals surface area contributed by atoms with Crippen LogP contribution >= 0.6 is 23.4 Å². The molecule has 1 aliphatic carbocycles. The number of nitrogens with one attached hydrogen (secondary N) is 1. The predicted molar refractivity (Wildman–Crippen MR) is 66.7 cm³/mol. The summed E-state index contributed by atoms with van der Waals surface area (Å²) in [4.78, 5) is 12.4. The van der Waals surface area contributed by atoms with Gasteiger partial charge in [-0.3, -0.25) is 4.79 Å². The van der Waals surface area contributed by atoms with Gasteiger partial charge in [0.2, 0.25) is 5.91 Å². The molecule has 16 heavy (non-hydrogen) atoms. The number of hydrogen-bond donors (Lipinski definition) is 1. The van der Waals surface area contributed by atoms with Gasteiger partial charge in [0, 0.05) is 34.2 Å². The summed E-state index contributed by atoms with van der Waals surface area (Å²) in [5.74, 6) is 1.38. The molecule has 0 bridgehead atoms. The molecule has 0 spiro atoms. The summed E-state index contributed by atoms with van der Waals surface area (Å²) in [5, 5.41) is 3.56. The Morgan fingerprint density at radius 1 is 1.62 bits per heavy atom. The standard InChI is InChI=1S/C12H13ClNOS/c13-10-2-1-3-11(8-10)16-7-6-14-12(15)9-4-5-9/h1,3,8-9H,4-7H2,(H,14,15). The highest BCUT2D eigenvalue weighted by molar-refractivity contribution is 7.99. The Balaban J connectivity index is 1.65. The largest absolute Gasteiger partial charge is 0.355 e. The minimum absolute atomic E-state index is 0.208. The summed E-state index contributed by atoms with van der Waals surface area (Å²) in [6, 6.07) is 8.55. The lowest BCUT2D eigenvalue weighted by molar-refractivity contribution is -0.122. The molecule has 1 aromatic rings. The molecular formula is C12H13ClNOS. The van der Waals surface area contributed by atoms with Gasteiger partial charge in [-0.25, -0.2) is 0 Å². The molecule has 1 aromatic carbocycles. The van der Waals surface area contributed by atoms with Gasteiger partial charge in [-0.1, -0.05) is 17.7 Å². The number of benzene rings is 1. The van der Waals surface area contributed by atoms with Crippen LogP contribution in [0.3, 0.4) is 0 Å². The zero-order valence-electron chi connectivity index (χ0n) is 8.83. The second-order valence-corrected chi connectivity index (χ2v) is 5.36. The average molecular weight is 255 g/mol. The minimum Gasteiger partial charge on any atom is -0.355 e. The summed E-state index contributed by atoms with van der Waals surface area (Å²) in [7, 11) is 0. The van der Waals surface area contributed by atoms with Gasteiger partial charge in [0.15, 0.2) is 0 Å². The molecule has 0 aliphatic heterocycles. The van der Waals surface area contributed by atoms with Gasteiger partial charge in [0.05, 0.1) is 0 Å². The van der Waals surface area contributed by atoms with E-state index in [-0.39, 0.29) is 5.91 Å². The van der Waals surface area contributed by atoms with Crippen LogP contribution < -0.4 is 5.32 Å². The molecule has 0 unspecified atom stereocenters. The smallest absolute Gasteiger partial charge is 0.223 e. The van der Waals surface area contributed by atoms with Crippen molar-refractivity contribution in [3.05, 3.63) is 29.3 Å². The molecule has 0 atom stereocenters. The van der Waals surface area contributed by atoms with E-state index < -0.39 is 0 Å². The van der Waals surface area contributed by atoms with E-state index >= 15 is 0 Å². The summed E-state index contributed by atoms with van der Waals surface area (Å²) in [6.45, 7) is 0.718. The molecule has 2 rings (SSSR count). The Kier molecular flexibility index (Phi) is 4.13. The SMILES string of the molecule is O=C(NCCSc1cc[c]c(Cl)c1)C1CC1. The first-order valence-corrected chi connectivity index (χ1v) is 6.70. The molecule has 85 valence electrons. The van der Waals surface area contributed by atoms with E-state index in [0.717, 1.165) is 30.0 Å².